The van der Waals surface area contributed by atoms with Crippen LogP contribution in [0.15, 0.2) is 133 Å². The zero-order valence-corrected chi connectivity index (χ0v) is 20.7. The maximum Gasteiger partial charge on any atom is 0.167 e. The average molecular weight is 499 g/mol. The fourth-order valence-corrected chi connectivity index (χ4v) is 4.04. The molecule has 4 heteroatoms. The highest BCUT2D eigenvalue weighted by Crippen LogP contribution is 2.23. The van der Waals surface area contributed by atoms with Crippen molar-refractivity contribution in [2.75, 3.05) is 0 Å². The van der Waals surface area contributed by atoms with E-state index >= 15 is 0 Å². The molecular weight excluding hydrogens is 472 g/mol. The van der Waals surface area contributed by atoms with Crippen molar-refractivity contribution in [3.63, 3.8) is 0 Å². The number of rotatable bonds is 10. The third kappa shape index (κ3) is 6.62. The first-order valence-corrected chi connectivity index (χ1v) is 12.4. The van der Waals surface area contributed by atoms with Gasteiger partial charge in [0.2, 0.25) is 0 Å². The summed E-state index contributed by atoms with van der Waals surface area (Å²) in [6, 6.07) is 41.0. The van der Waals surface area contributed by atoms with Crippen molar-refractivity contribution in [3.8, 4) is 23.0 Å². The second-order valence-corrected chi connectivity index (χ2v) is 8.90. The molecule has 0 radical (unpaired) electrons. The van der Waals surface area contributed by atoms with Gasteiger partial charge >= 0.3 is 0 Å². The van der Waals surface area contributed by atoms with E-state index in [-0.39, 0.29) is 24.4 Å². The number of hydrogen-bond donors (Lipinski definition) is 0. The van der Waals surface area contributed by atoms with Gasteiger partial charge in [-0.2, -0.15) is 0 Å². The van der Waals surface area contributed by atoms with Crippen molar-refractivity contribution >= 4 is 11.6 Å². The van der Waals surface area contributed by atoms with Crippen LogP contribution in [0.5, 0.6) is 23.0 Å². The van der Waals surface area contributed by atoms with Crippen LogP contribution in [-0.4, -0.2) is 11.6 Å². The number of hydrogen-bond acceptors (Lipinski definition) is 4. The van der Waals surface area contributed by atoms with Crippen LogP contribution >= 0.6 is 0 Å². The Bertz CT molecular complexity index is 1390. The summed E-state index contributed by atoms with van der Waals surface area (Å²) < 4.78 is 11.6. The fourth-order valence-electron chi connectivity index (χ4n) is 4.04. The first kappa shape index (κ1) is 24.7. The molecule has 0 aromatic heterocycles. The Labute approximate surface area is 222 Å². The largest absolute Gasteiger partial charge is 0.457 e. The van der Waals surface area contributed by atoms with Crippen molar-refractivity contribution in [2.24, 2.45) is 0 Å². The van der Waals surface area contributed by atoms with E-state index in [0.717, 1.165) is 22.6 Å². The maximum atomic E-state index is 13.0. The highest BCUT2D eigenvalue weighted by molar-refractivity contribution is 6.02. The van der Waals surface area contributed by atoms with Crippen LogP contribution in [0.25, 0.3) is 0 Å². The second kappa shape index (κ2) is 11.8. The number of ether oxygens (including phenoxy) is 2. The summed E-state index contributed by atoms with van der Waals surface area (Å²) in [4.78, 5) is 25.9. The normalized spacial score (nSPS) is 10.5. The Hall–Kier alpha value is -4.96. The van der Waals surface area contributed by atoms with E-state index in [2.05, 4.69) is 0 Å². The molecule has 5 aromatic rings. The minimum atomic E-state index is -0.0428. The molecule has 0 saturated carbocycles. The van der Waals surface area contributed by atoms with Gasteiger partial charge in [0.05, 0.1) is 0 Å². The van der Waals surface area contributed by atoms with E-state index in [1.54, 1.807) is 24.3 Å². The number of para-hydroxylation sites is 2. The van der Waals surface area contributed by atoms with Crippen molar-refractivity contribution in [1.29, 1.82) is 0 Å². The van der Waals surface area contributed by atoms with Gasteiger partial charge in [-0.1, -0.05) is 78.9 Å². The van der Waals surface area contributed by atoms with E-state index < -0.39 is 0 Å². The molecule has 0 fully saturated rings. The van der Waals surface area contributed by atoms with Gasteiger partial charge in [-0.3, -0.25) is 9.59 Å². The SMILES string of the molecule is O=C(Cc1ccc(Oc2ccccc2)cc1)c1cccc(C(=O)Cc2ccc(Oc3ccccc3)cc2)c1. The zero-order chi connectivity index (χ0) is 26.2. The van der Waals surface area contributed by atoms with Crippen LogP contribution in [0.1, 0.15) is 31.8 Å². The third-order valence-corrected chi connectivity index (χ3v) is 6.04. The number of benzene rings is 5. The molecule has 0 saturated heterocycles. The molecule has 0 N–H and O–H groups in total. The maximum absolute atomic E-state index is 13.0. The Balaban J connectivity index is 1.18. The summed E-state index contributed by atoms with van der Waals surface area (Å²) in [6.07, 6.45) is 0.484. The molecule has 0 aliphatic rings. The van der Waals surface area contributed by atoms with Crippen molar-refractivity contribution in [3.05, 3.63) is 156 Å². The Kier molecular flexibility index (Phi) is 7.71. The minimum Gasteiger partial charge on any atom is -0.457 e. The van der Waals surface area contributed by atoms with E-state index in [4.69, 9.17) is 9.47 Å². The van der Waals surface area contributed by atoms with Gasteiger partial charge in [0.15, 0.2) is 11.6 Å². The molecule has 0 bridgehead atoms. The fraction of sp³-hybridized carbons (Fsp3) is 0.0588. The molecule has 0 aliphatic carbocycles. The lowest BCUT2D eigenvalue weighted by atomic mass is 9.97. The van der Waals surface area contributed by atoms with E-state index in [9.17, 15) is 9.59 Å². The summed E-state index contributed by atoms with van der Waals surface area (Å²) in [6.45, 7) is 0. The van der Waals surface area contributed by atoms with Gasteiger partial charge in [0, 0.05) is 24.0 Å². The molecular formula is C34H26O4. The molecule has 0 unspecified atom stereocenters. The summed E-state index contributed by atoms with van der Waals surface area (Å²) in [5, 5.41) is 0. The molecule has 0 amide bonds. The highest BCUT2D eigenvalue weighted by atomic mass is 16.5. The molecule has 186 valence electrons. The van der Waals surface area contributed by atoms with Crippen LogP contribution in [0.4, 0.5) is 0 Å². The quantitative estimate of drug-likeness (QED) is 0.182. The molecule has 0 atom stereocenters. The van der Waals surface area contributed by atoms with Gasteiger partial charge in [-0.05, 0) is 65.7 Å². The summed E-state index contributed by atoms with van der Waals surface area (Å²) in [7, 11) is 0. The second-order valence-electron chi connectivity index (χ2n) is 8.90. The number of carbonyl (C=O) groups excluding carboxylic acids is 2. The van der Waals surface area contributed by atoms with Gasteiger partial charge in [-0.25, -0.2) is 0 Å². The third-order valence-electron chi connectivity index (χ3n) is 6.04. The lowest BCUT2D eigenvalue weighted by Gasteiger charge is -2.08. The first-order chi connectivity index (χ1) is 18.6. The molecule has 0 spiro atoms. The standard InChI is InChI=1S/C34H26O4/c35-33(22-25-14-18-31(19-15-25)37-29-10-3-1-4-11-29)27-8-7-9-28(24-27)34(36)23-26-16-20-32(21-17-26)38-30-12-5-2-6-13-30/h1-21,24H,22-23H2. The summed E-state index contributed by atoms with van der Waals surface area (Å²) in [5.74, 6) is 2.85. The zero-order valence-electron chi connectivity index (χ0n) is 20.7. The summed E-state index contributed by atoms with van der Waals surface area (Å²) >= 11 is 0. The smallest absolute Gasteiger partial charge is 0.167 e. The van der Waals surface area contributed by atoms with Gasteiger partial charge in [0.1, 0.15) is 23.0 Å². The van der Waals surface area contributed by atoms with E-state index in [1.165, 1.54) is 0 Å². The molecule has 5 rings (SSSR count). The summed E-state index contributed by atoms with van der Waals surface area (Å²) in [5.41, 5.74) is 2.80. The molecule has 0 aliphatic heterocycles. The first-order valence-electron chi connectivity index (χ1n) is 12.4. The van der Waals surface area contributed by atoms with Crippen LogP contribution in [0.2, 0.25) is 0 Å². The van der Waals surface area contributed by atoms with Crippen molar-refractivity contribution < 1.29 is 19.1 Å². The van der Waals surface area contributed by atoms with Crippen LogP contribution in [-0.2, 0) is 12.8 Å². The Morgan fingerprint density at radius 3 is 1.18 bits per heavy atom. The van der Waals surface area contributed by atoms with Crippen molar-refractivity contribution in [1.82, 2.24) is 0 Å². The number of carbonyl (C=O) groups is 2. The van der Waals surface area contributed by atoms with Crippen LogP contribution < -0.4 is 9.47 Å². The number of Topliss-reactive ketones (excluding diaryl/α,β-unsaturated/α-hetero) is 2. The lowest BCUT2D eigenvalue weighted by Crippen LogP contribution is -2.08. The Morgan fingerprint density at radius 2 is 0.789 bits per heavy atom. The molecule has 38 heavy (non-hydrogen) atoms. The van der Waals surface area contributed by atoms with Crippen LogP contribution in [0, 0.1) is 0 Å². The van der Waals surface area contributed by atoms with Gasteiger partial charge in [0.25, 0.3) is 0 Å². The lowest BCUT2D eigenvalue weighted by molar-refractivity contribution is 0.0992. The van der Waals surface area contributed by atoms with Gasteiger partial charge in [-0.15, -0.1) is 0 Å². The highest BCUT2D eigenvalue weighted by Gasteiger charge is 2.13. The average Bonchev–Trinajstić information content (AvgIpc) is 2.96. The minimum absolute atomic E-state index is 0.0428. The topological polar surface area (TPSA) is 52.6 Å². The number of ketones is 2. The Morgan fingerprint density at radius 1 is 0.421 bits per heavy atom. The van der Waals surface area contributed by atoms with Gasteiger partial charge < -0.3 is 9.47 Å². The van der Waals surface area contributed by atoms with Crippen molar-refractivity contribution in [2.45, 2.75) is 12.8 Å². The predicted octanol–water partition coefficient (Wildman–Crippen LogP) is 8.12. The monoisotopic (exact) mass is 498 g/mol. The van der Waals surface area contributed by atoms with Crippen LogP contribution in [0.3, 0.4) is 0 Å². The molecule has 0 heterocycles. The molecule has 4 nitrogen and oxygen atoms in total. The van der Waals surface area contributed by atoms with E-state index in [1.807, 2.05) is 109 Å². The molecule has 5 aromatic carbocycles. The predicted molar refractivity (Wildman–Crippen MR) is 148 cm³/mol. The van der Waals surface area contributed by atoms with E-state index in [0.29, 0.717) is 22.6 Å².